The smallest absolute Gasteiger partial charge is 0.303 e. The number of phenolic OH excluding ortho intramolecular Hbond substituents is 1. The van der Waals surface area contributed by atoms with Crippen LogP contribution in [0.2, 0.25) is 0 Å². The van der Waals surface area contributed by atoms with Crippen LogP contribution in [0.3, 0.4) is 0 Å². The first kappa shape index (κ1) is 27.6. The highest BCUT2D eigenvalue weighted by Gasteiger charge is 2.56. The lowest BCUT2D eigenvalue weighted by atomic mass is 9.59. The van der Waals surface area contributed by atoms with Gasteiger partial charge >= 0.3 is 5.97 Å². The summed E-state index contributed by atoms with van der Waals surface area (Å²) in [6.07, 6.45) is 5.35. The number of benzene rings is 1. The van der Waals surface area contributed by atoms with Crippen LogP contribution in [0.4, 0.5) is 0 Å². The lowest BCUT2D eigenvalue weighted by Gasteiger charge is -2.42. The van der Waals surface area contributed by atoms with Gasteiger partial charge < -0.3 is 14.9 Å². The van der Waals surface area contributed by atoms with Crippen LogP contribution in [0.25, 0.3) is 0 Å². The second kappa shape index (κ2) is 10.9. The van der Waals surface area contributed by atoms with Gasteiger partial charge in [-0.15, -0.1) is 0 Å². The molecule has 1 saturated heterocycles. The zero-order chi connectivity index (χ0) is 28.7. The number of ketones is 2. The Morgan fingerprint density at radius 2 is 1.85 bits per heavy atom. The molecule has 9 heteroatoms. The molecule has 3 aliphatic carbocycles. The van der Waals surface area contributed by atoms with Gasteiger partial charge in [-0.25, -0.2) is 0 Å². The van der Waals surface area contributed by atoms with Crippen LogP contribution in [-0.2, 0) is 24.0 Å². The number of aliphatic carboxylic acids is 1. The maximum absolute atomic E-state index is 13.7. The number of rotatable bonds is 9. The second-order valence-corrected chi connectivity index (χ2v) is 10.9. The Morgan fingerprint density at radius 1 is 1.07 bits per heavy atom. The number of carbonyl (C=O) groups excluding carboxylic acids is 4. The van der Waals surface area contributed by atoms with Crippen LogP contribution in [-0.4, -0.2) is 57.6 Å². The minimum absolute atomic E-state index is 0.0410. The van der Waals surface area contributed by atoms with Gasteiger partial charge in [0, 0.05) is 41.2 Å². The van der Waals surface area contributed by atoms with Crippen LogP contribution >= 0.6 is 0 Å². The quantitative estimate of drug-likeness (QED) is 0.206. The number of phenols is 1. The van der Waals surface area contributed by atoms with E-state index in [0.29, 0.717) is 54.6 Å². The first-order valence-electron chi connectivity index (χ1n) is 13.9. The van der Waals surface area contributed by atoms with E-state index < -0.39 is 29.6 Å². The van der Waals surface area contributed by atoms with E-state index in [1.54, 1.807) is 32.0 Å². The number of likely N-dealkylation sites (tertiary alicyclic amines) is 1. The van der Waals surface area contributed by atoms with Gasteiger partial charge in [-0.05, 0) is 57.6 Å². The fraction of sp³-hybridized carbons (Fsp3) is 0.452. The molecule has 4 atom stereocenters. The van der Waals surface area contributed by atoms with Crippen molar-refractivity contribution in [1.82, 2.24) is 4.90 Å². The predicted octanol–water partition coefficient (Wildman–Crippen LogP) is 3.87. The Labute approximate surface area is 232 Å². The number of imide groups is 1. The average molecular weight is 548 g/mol. The number of hydrogen-bond donors (Lipinski definition) is 2. The Hall–Kier alpha value is -4.01. The van der Waals surface area contributed by atoms with Gasteiger partial charge in [0.1, 0.15) is 0 Å². The lowest BCUT2D eigenvalue weighted by molar-refractivity contribution is -0.141. The Balaban J connectivity index is 1.52. The molecule has 9 nitrogen and oxygen atoms in total. The van der Waals surface area contributed by atoms with Gasteiger partial charge in [0.2, 0.25) is 11.8 Å². The first-order valence-corrected chi connectivity index (χ1v) is 13.9. The predicted molar refractivity (Wildman–Crippen MR) is 143 cm³/mol. The first-order chi connectivity index (χ1) is 19.1. The summed E-state index contributed by atoms with van der Waals surface area (Å²) in [4.78, 5) is 65.9. The van der Waals surface area contributed by atoms with Crippen molar-refractivity contribution in [2.75, 3.05) is 13.2 Å². The van der Waals surface area contributed by atoms with Gasteiger partial charge in [-0.2, -0.15) is 0 Å². The second-order valence-electron chi connectivity index (χ2n) is 10.9. The zero-order valence-electron chi connectivity index (χ0n) is 22.6. The van der Waals surface area contributed by atoms with E-state index in [0.717, 1.165) is 5.57 Å². The van der Waals surface area contributed by atoms with Gasteiger partial charge in [-0.3, -0.25) is 28.9 Å². The summed E-state index contributed by atoms with van der Waals surface area (Å²) in [7, 11) is 0. The van der Waals surface area contributed by atoms with Crippen molar-refractivity contribution in [2.45, 2.75) is 58.3 Å². The van der Waals surface area contributed by atoms with E-state index in [9.17, 15) is 29.1 Å². The highest BCUT2D eigenvalue weighted by atomic mass is 16.5. The molecule has 1 aromatic carbocycles. The van der Waals surface area contributed by atoms with Gasteiger partial charge in [0.15, 0.2) is 23.1 Å². The molecule has 0 radical (unpaired) electrons. The topological polar surface area (TPSA) is 138 Å². The number of amides is 2. The van der Waals surface area contributed by atoms with Gasteiger partial charge in [0.05, 0.1) is 18.4 Å². The molecule has 0 aromatic heterocycles. The molecular weight excluding hydrogens is 514 g/mol. The van der Waals surface area contributed by atoms with Crippen LogP contribution in [0.15, 0.2) is 52.6 Å². The fourth-order valence-electron chi connectivity index (χ4n) is 6.77. The summed E-state index contributed by atoms with van der Waals surface area (Å²) in [5, 5.41) is 20.1. The number of hydrogen-bond acceptors (Lipinski definition) is 7. The van der Waals surface area contributed by atoms with Crippen molar-refractivity contribution in [3.8, 4) is 11.5 Å². The number of ether oxygens (including phenoxy) is 1. The molecule has 0 bridgehead atoms. The molecule has 1 aromatic rings. The van der Waals surface area contributed by atoms with E-state index in [-0.39, 0.29) is 54.3 Å². The highest BCUT2D eigenvalue weighted by Crippen LogP contribution is 2.56. The SMILES string of the molecule is CCOc1cccc([C@H]2C3=CC[C@@H]4C(=O)N(CCCCCC(=O)O)C(=O)[C@@H]4[C@@H]3CC3=C2C(=O)C(C)=CC3=O)c1O. The number of carboxylic acid groups (broad SMARTS) is 1. The molecule has 0 unspecified atom stereocenters. The highest BCUT2D eigenvalue weighted by molar-refractivity contribution is 6.24. The molecule has 210 valence electrons. The number of carboxylic acids is 1. The third-order valence-corrected chi connectivity index (χ3v) is 8.57. The molecule has 5 rings (SSSR count). The third-order valence-electron chi connectivity index (χ3n) is 8.57. The van der Waals surface area contributed by atoms with Crippen LogP contribution < -0.4 is 4.74 Å². The zero-order valence-corrected chi connectivity index (χ0v) is 22.6. The van der Waals surface area contributed by atoms with E-state index in [1.807, 2.05) is 6.08 Å². The minimum atomic E-state index is -0.878. The lowest BCUT2D eigenvalue weighted by Crippen LogP contribution is -2.40. The fourth-order valence-corrected chi connectivity index (χ4v) is 6.77. The number of Topliss-reactive ketones (excluding diaryl/α,β-unsaturated/α-hetero) is 1. The molecule has 40 heavy (non-hydrogen) atoms. The monoisotopic (exact) mass is 547 g/mol. The van der Waals surface area contributed by atoms with Crippen molar-refractivity contribution in [1.29, 1.82) is 0 Å². The minimum Gasteiger partial charge on any atom is -0.504 e. The number of carbonyl (C=O) groups is 5. The molecule has 2 N–H and O–H groups in total. The Bertz CT molecular complexity index is 1400. The molecule has 1 fully saturated rings. The van der Waals surface area contributed by atoms with Crippen LogP contribution in [0.5, 0.6) is 11.5 Å². The summed E-state index contributed by atoms with van der Waals surface area (Å²) in [6.45, 7) is 3.95. The maximum atomic E-state index is 13.7. The molecule has 1 aliphatic heterocycles. The summed E-state index contributed by atoms with van der Waals surface area (Å²) in [6, 6.07) is 5.07. The van der Waals surface area contributed by atoms with Crippen molar-refractivity contribution in [3.05, 3.63) is 58.2 Å². The van der Waals surface area contributed by atoms with Crippen molar-refractivity contribution in [2.24, 2.45) is 17.8 Å². The number of unbranched alkanes of at least 4 members (excludes halogenated alkanes) is 2. The molecule has 0 spiro atoms. The third kappa shape index (κ3) is 4.57. The van der Waals surface area contributed by atoms with Crippen molar-refractivity contribution < 1.29 is 38.9 Å². The van der Waals surface area contributed by atoms with Crippen LogP contribution in [0, 0.1) is 17.8 Å². The summed E-state index contributed by atoms with van der Waals surface area (Å²) in [5.41, 5.74) is 2.17. The number of nitrogens with zero attached hydrogens (tertiary/aromatic N) is 1. The normalized spacial score (nSPS) is 25.8. The molecule has 4 aliphatic rings. The Morgan fingerprint density at radius 3 is 2.58 bits per heavy atom. The average Bonchev–Trinajstić information content (AvgIpc) is 3.16. The largest absolute Gasteiger partial charge is 0.504 e. The number of allylic oxidation sites excluding steroid dienone is 6. The van der Waals surface area contributed by atoms with Crippen molar-refractivity contribution >= 4 is 29.4 Å². The maximum Gasteiger partial charge on any atom is 0.303 e. The molecule has 0 saturated carbocycles. The molecular formula is C31H33NO8. The number of fused-ring (bicyclic) bond motifs is 3. The van der Waals surface area contributed by atoms with Crippen molar-refractivity contribution in [3.63, 3.8) is 0 Å². The summed E-state index contributed by atoms with van der Waals surface area (Å²) in [5.74, 6) is -4.27. The van der Waals surface area contributed by atoms with Gasteiger partial charge in [0.25, 0.3) is 0 Å². The molecule has 2 amide bonds. The Kier molecular flexibility index (Phi) is 7.49. The molecule has 1 heterocycles. The summed E-state index contributed by atoms with van der Waals surface area (Å²) >= 11 is 0. The standard InChI is InChI=1S/C31H33NO8/c1-3-40-23-9-7-8-18(29(23)37)25-17-11-12-19-26(20(17)15-21-22(33)14-16(2)28(36)27(21)25)31(39)32(30(19)38)13-6-4-5-10-24(34)35/h7-9,11,14,19-20,25-26,37H,3-6,10,12-13,15H2,1-2H3,(H,34,35)/t19-,20+,25+,26-/m0/s1. The van der Waals surface area contributed by atoms with E-state index in [4.69, 9.17) is 9.84 Å². The summed E-state index contributed by atoms with van der Waals surface area (Å²) < 4.78 is 5.60. The number of aromatic hydroxyl groups is 1. The number of para-hydroxylation sites is 1. The van der Waals surface area contributed by atoms with E-state index >= 15 is 0 Å². The van der Waals surface area contributed by atoms with E-state index in [1.165, 1.54) is 11.0 Å². The van der Waals surface area contributed by atoms with Crippen LogP contribution in [0.1, 0.15) is 63.9 Å². The van der Waals surface area contributed by atoms with Gasteiger partial charge in [-0.1, -0.05) is 30.2 Å². The van der Waals surface area contributed by atoms with E-state index in [2.05, 4.69) is 0 Å².